The molecule has 0 radical (unpaired) electrons. The van der Waals surface area contributed by atoms with Crippen LogP contribution in [-0.4, -0.2) is 16.1 Å². The molecule has 1 aromatic heterocycles. The highest BCUT2D eigenvalue weighted by Crippen LogP contribution is 2.31. The molecule has 2 rings (SSSR count). The Morgan fingerprint density at radius 3 is 2.80 bits per heavy atom. The van der Waals surface area contributed by atoms with Gasteiger partial charge in [-0.1, -0.05) is 0 Å². The van der Waals surface area contributed by atoms with Crippen LogP contribution in [0.4, 0.5) is 15.2 Å². The molecule has 20 heavy (non-hydrogen) atoms. The van der Waals surface area contributed by atoms with Gasteiger partial charge in [0, 0.05) is 9.85 Å². The first-order chi connectivity index (χ1) is 9.30. The van der Waals surface area contributed by atoms with Crippen LogP contribution in [0.5, 0.6) is 0 Å². The molecule has 0 aliphatic rings. The number of nitrogens with one attached hydrogen (secondary N) is 1. The Hall–Kier alpha value is -1.47. The van der Waals surface area contributed by atoms with Gasteiger partial charge >= 0.3 is 5.97 Å². The van der Waals surface area contributed by atoms with Crippen LogP contribution in [-0.2, 0) is 10.2 Å². The average molecular weight is 359 g/mol. The van der Waals surface area contributed by atoms with Crippen LogP contribution in [0, 0.1) is 5.82 Å². The minimum atomic E-state index is -1.05. The lowest BCUT2D eigenvalue weighted by Crippen LogP contribution is -2.28. The van der Waals surface area contributed by atoms with Crippen molar-refractivity contribution in [1.82, 2.24) is 4.98 Å². The van der Waals surface area contributed by atoms with E-state index in [1.165, 1.54) is 23.5 Å². The lowest BCUT2D eigenvalue weighted by atomic mass is 9.90. The van der Waals surface area contributed by atoms with E-state index >= 15 is 0 Å². The Balaban J connectivity index is 2.24. The quantitative estimate of drug-likeness (QED) is 0.861. The summed E-state index contributed by atoms with van der Waals surface area (Å²) in [6.07, 6.45) is 0. The molecule has 0 bridgehead atoms. The highest BCUT2D eigenvalue weighted by molar-refractivity contribution is 9.10. The largest absolute Gasteiger partial charge is 0.481 e. The molecule has 106 valence electrons. The molecule has 0 aliphatic carbocycles. The molecule has 1 heterocycles. The molecule has 0 spiro atoms. The molecule has 0 fully saturated rings. The average Bonchev–Trinajstić information content (AvgIpc) is 2.81. The lowest BCUT2D eigenvalue weighted by molar-refractivity contribution is -0.142. The molecule has 2 N–H and O–H groups in total. The molecule has 7 heteroatoms. The SMILES string of the molecule is CC(C)(C(=O)O)c1csc(Nc2ccc(F)cc2Br)n1. The summed E-state index contributed by atoms with van der Waals surface area (Å²) >= 11 is 4.56. The number of rotatable bonds is 4. The third-order valence-corrected chi connectivity index (χ3v) is 4.27. The Labute approximate surface area is 127 Å². The molecule has 2 aromatic rings. The van der Waals surface area contributed by atoms with E-state index in [-0.39, 0.29) is 5.82 Å². The van der Waals surface area contributed by atoms with Gasteiger partial charge in [0.1, 0.15) is 11.2 Å². The third-order valence-electron chi connectivity index (χ3n) is 2.85. The van der Waals surface area contributed by atoms with Gasteiger partial charge in [-0.3, -0.25) is 4.79 Å². The fourth-order valence-electron chi connectivity index (χ4n) is 1.43. The molecule has 4 nitrogen and oxygen atoms in total. The zero-order valence-corrected chi connectivity index (χ0v) is 13.2. The van der Waals surface area contributed by atoms with Crippen molar-refractivity contribution in [3.8, 4) is 0 Å². The van der Waals surface area contributed by atoms with Crippen LogP contribution in [0.15, 0.2) is 28.1 Å². The predicted molar refractivity (Wildman–Crippen MR) is 80.2 cm³/mol. The number of carbonyl (C=O) groups is 1. The van der Waals surface area contributed by atoms with Crippen molar-refractivity contribution in [3.05, 3.63) is 39.6 Å². The zero-order chi connectivity index (χ0) is 14.9. The molecule has 0 amide bonds. The maximum Gasteiger partial charge on any atom is 0.315 e. The second-order valence-corrected chi connectivity index (χ2v) is 6.43. The smallest absolute Gasteiger partial charge is 0.315 e. The van der Waals surface area contributed by atoms with E-state index < -0.39 is 11.4 Å². The van der Waals surface area contributed by atoms with Crippen molar-refractivity contribution in [3.63, 3.8) is 0 Å². The van der Waals surface area contributed by atoms with Crippen LogP contribution in [0.25, 0.3) is 0 Å². The summed E-state index contributed by atoms with van der Waals surface area (Å²) in [5.74, 6) is -1.27. The Morgan fingerprint density at radius 2 is 2.20 bits per heavy atom. The molecule has 1 aromatic carbocycles. The van der Waals surface area contributed by atoms with Gasteiger partial charge in [0.2, 0.25) is 0 Å². The minimum Gasteiger partial charge on any atom is -0.481 e. The molecule has 0 saturated heterocycles. The Bertz CT molecular complexity index is 658. The van der Waals surface area contributed by atoms with Gasteiger partial charge < -0.3 is 10.4 Å². The number of benzene rings is 1. The summed E-state index contributed by atoms with van der Waals surface area (Å²) in [4.78, 5) is 15.4. The lowest BCUT2D eigenvalue weighted by Gasteiger charge is -2.15. The van der Waals surface area contributed by atoms with E-state index in [0.717, 1.165) is 0 Å². The maximum atomic E-state index is 13.0. The van der Waals surface area contributed by atoms with Crippen molar-refractivity contribution < 1.29 is 14.3 Å². The van der Waals surface area contributed by atoms with Gasteiger partial charge in [-0.15, -0.1) is 11.3 Å². The van der Waals surface area contributed by atoms with Gasteiger partial charge in [0.05, 0.1) is 11.4 Å². The van der Waals surface area contributed by atoms with E-state index in [1.807, 2.05) is 0 Å². The summed E-state index contributed by atoms with van der Waals surface area (Å²) in [6.45, 7) is 3.20. The van der Waals surface area contributed by atoms with Gasteiger partial charge in [-0.05, 0) is 48.0 Å². The Morgan fingerprint density at radius 1 is 1.50 bits per heavy atom. The van der Waals surface area contributed by atoms with Gasteiger partial charge in [-0.2, -0.15) is 0 Å². The van der Waals surface area contributed by atoms with E-state index in [1.54, 1.807) is 25.3 Å². The molecule has 0 atom stereocenters. The van der Waals surface area contributed by atoms with Crippen molar-refractivity contribution >= 4 is 44.1 Å². The van der Waals surface area contributed by atoms with Crippen LogP contribution >= 0.6 is 27.3 Å². The van der Waals surface area contributed by atoms with Crippen molar-refractivity contribution in [1.29, 1.82) is 0 Å². The number of carboxylic acid groups (broad SMARTS) is 1. The summed E-state index contributed by atoms with van der Waals surface area (Å²) in [5.41, 5.74) is 0.104. The second kappa shape index (κ2) is 5.49. The summed E-state index contributed by atoms with van der Waals surface area (Å²) in [7, 11) is 0. The maximum absolute atomic E-state index is 13.0. The standard InChI is InChI=1S/C13H12BrFN2O2S/c1-13(2,11(18)19)10-6-20-12(17-10)16-9-4-3-7(15)5-8(9)14/h3-6H,1-2H3,(H,16,17)(H,18,19). The van der Waals surface area contributed by atoms with E-state index in [9.17, 15) is 9.18 Å². The number of hydrogen-bond acceptors (Lipinski definition) is 4. The molecular formula is C13H12BrFN2O2S. The van der Waals surface area contributed by atoms with E-state index in [0.29, 0.717) is 21.0 Å². The first kappa shape index (κ1) is 14.9. The van der Waals surface area contributed by atoms with Crippen LogP contribution in [0.1, 0.15) is 19.5 Å². The second-order valence-electron chi connectivity index (χ2n) is 4.72. The number of anilines is 2. The van der Waals surface area contributed by atoms with E-state index in [2.05, 4.69) is 26.2 Å². The zero-order valence-electron chi connectivity index (χ0n) is 10.8. The fourth-order valence-corrected chi connectivity index (χ4v) is 2.77. The number of halogens is 2. The number of aromatic nitrogens is 1. The summed E-state index contributed by atoms with van der Waals surface area (Å²) < 4.78 is 13.6. The first-order valence-corrected chi connectivity index (χ1v) is 7.39. The van der Waals surface area contributed by atoms with Crippen LogP contribution in [0.2, 0.25) is 0 Å². The number of aliphatic carboxylic acids is 1. The van der Waals surface area contributed by atoms with Crippen LogP contribution in [0.3, 0.4) is 0 Å². The highest BCUT2D eigenvalue weighted by Gasteiger charge is 2.32. The topological polar surface area (TPSA) is 62.2 Å². The first-order valence-electron chi connectivity index (χ1n) is 5.72. The number of thiazole rings is 1. The fraction of sp³-hybridized carbons (Fsp3) is 0.231. The molecule has 0 aliphatic heterocycles. The van der Waals surface area contributed by atoms with Gasteiger partial charge in [0.15, 0.2) is 5.13 Å². The number of hydrogen-bond donors (Lipinski definition) is 2. The van der Waals surface area contributed by atoms with Crippen molar-refractivity contribution in [2.75, 3.05) is 5.32 Å². The normalized spacial score (nSPS) is 11.4. The molecule has 0 unspecified atom stereocenters. The van der Waals surface area contributed by atoms with Crippen molar-refractivity contribution in [2.45, 2.75) is 19.3 Å². The minimum absolute atomic E-state index is 0.339. The van der Waals surface area contributed by atoms with Gasteiger partial charge in [-0.25, -0.2) is 9.37 Å². The third kappa shape index (κ3) is 2.99. The monoisotopic (exact) mass is 358 g/mol. The van der Waals surface area contributed by atoms with E-state index in [4.69, 9.17) is 5.11 Å². The van der Waals surface area contributed by atoms with Crippen molar-refractivity contribution in [2.24, 2.45) is 0 Å². The highest BCUT2D eigenvalue weighted by atomic mass is 79.9. The van der Waals surface area contributed by atoms with Gasteiger partial charge in [0.25, 0.3) is 0 Å². The molecule has 0 saturated carbocycles. The summed E-state index contributed by atoms with van der Waals surface area (Å²) in [5, 5.41) is 14.5. The molecular weight excluding hydrogens is 347 g/mol. The number of carboxylic acids is 1. The number of nitrogens with zero attached hydrogens (tertiary/aromatic N) is 1. The van der Waals surface area contributed by atoms with Crippen LogP contribution < -0.4 is 5.32 Å². The Kier molecular flexibility index (Phi) is 4.10. The summed E-state index contributed by atoms with van der Waals surface area (Å²) in [6, 6.07) is 4.27. The predicted octanol–water partition coefficient (Wildman–Crippen LogP) is 4.15.